The van der Waals surface area contributed by atoms with Crippen molar-refractivity contribution in [2.24, 2.45) is 7.05 Å². The molecule has 1 aliphatic heterocycles. The lowest BCUT2D eigenvalue weighted by atomic mass is 10.3. The minimum atomic E-state index is -0.505. The van der Waals surface area contributed by atoms with Crippen molar-refractivity contribution >= 4 is 56.5 Å². The Morgan fingerprint density at radius 2 is 1.94 bits per heavy atom. The van der Waals surface area contributed by atoms with E-state index < -0.39 is 11.2 Å². The van der Waals surface area contributed by atoms with Crippen LogP contribution >= 0.6 is 23.1 Å². The number of hydrogen-bond acceptors (Lipinski definition) is 9. The Morgan fingerprint density at radius 3 is 2.69 bits per heavy atom. The number of carbonyl (C=O) groups is 1. The number of nitrogens with one attached hydrogen (secondary N) is 1. The van der Waals surface area contributed by atoms with Crippen LogP contribution in [0.3, 0.4) is 0 Å². The smallest absolute Gasteiger partial charge is 0.409 e. The number of ether oxygens (including phenoxy) is 1. The molecule has 0 unspecified atom stereocenters. The number of benzene rings is 1. The summed E-state index contributed by atoms with van der Waals surface area (Å²) < 4.78 is 10.4. The number of rotatable bonds is 6. The zero-order chi connectivity index (χ0) is 24.5. The van der Waals surface area contributed by atoms with Crippen LogP contribution in [0.1, 0.15) is 6.92 Å². The fourth-order valence-electron chi connectivity index (χ4n) is 4.12. The number of thiazole rings is 1. The molecule has 0 bridgehead atoms. The summed E-state index contributed by atoms with van der Waals surface area (Å²) in [5.74, 6) is 1.28. The lowest BCUT2D eigenvalue weighted by Crippen LogP contribution is -2.49. The number of carbonyl (C=O) groups excluding carboxylic acids is 1. The van der Waals surface area contributed by atoms with Crippen LogP contribution in [0, 0.1) is 0 Å². The molecule has 0 saturated carbocycles. The van der Waals surface area contributed by atoms with Gasteiger partial charge in [0.25, 0.3) is 5.56 Å². The van der Waals surface area contributed by atoms with E-state index in [9.17, 15) is 14.4 Å². The van der Waals surface area contributed by atoms with Crippen molar-refractivity contribution in [2.45, 2.75) is 17.8 Å². The number of hydrogen-bond donors (Lipinski definition) is 1. The molecule has 13 heteroatoms. The summed E-state index contributed by atoms with van der Waals surface area (Å²) >= 11 is 3.26. The third-order valence-corrected chi connectivity index (χ3v) is 8.05. The molecule has 1 aromatic carbocycles. The highest BCUT2D eigenvalue weighted by Crippen LogP contribution is 2.30. The number of amides is 1. The predicted octanol–water partition coefficient (Wildman–Crippen LogP) is 2.10. The number of thioether (sulfide) groups is 1. The number of para-hydroxylation sites is 1. The first-order valence-electron chi connectivity index (χ1n) is 11.3. The molecule has 35 heavy (non-hydrogen) atoms. The van der Waals surface area contributed by atoms with Crippen LogP contribution in [0.5, 0.6) is 0 Å². The highest BCUT2D eigenvalue weighted by molar-refractivity contribution is 8.01. The van der Waals surface area contributed by atoms with E-state index in [-0.39, 0.29) is 6.09 Å². The second kappa shape index (κ2) is 9.74. The van der Waals surface area contributed by atoms with Gasteiger partial charge in [-0.15, -0.1) is 11.3 Å². The molecule has 1 fully saturated rings. The van der Waals surface area contributed by atoms with Gasteiger partial charge >= 0.3 is 11.8 Å². The number of aromatic amines is 1. The maximum absolute atomic E-state index is 12.8. The summed E-state index contributed by atoms with van der Waals surface area (Å²) in [6.45, 7) is 4.67. The van der Waals surface area contributed by atoms with Crippen molar-refractivity contribution < 1.29 is 9.53 Å². The topological polar surface area (TPSA) is 118 Å². The van der Waals surface area contributed by atoms with Crippen LogP contribution in [0.15, 0.2) is 38.2 Å². The van der Waals surface area contributed by atoms with E-state index >= 15 is 0 Å². The van der Waals surface area contributed by atoms with Gasteiger partial charge < -0.3 is 19.1 Å². The average Bonchev–Trinajstić information content (AvgIpc) is 3.45. The maximum Gasteiger partial charge on any atom is 0.409 e. The summed E-state index contributed by atoms with van der Waals surface area (Å²) in [5.41, 5.74) is 0.706. The van der Waals surface area contributed by atoms with E-state index in [0.29, 0.717) is 62.2 Å². The van der Waals surface area contributed by atoms with Crippen molar-refractivity contribution in [3.05, 3.63) is 45.1 Å². The Hall–Kier alpha value is -3.32. The van der Waals surface area contributed by atoms with Crippen LogP contribution in [-0.4, -0.2) is 73.6 Å². The first-order chi connectivity index (χ1) is 17.0. The molecule has 4 aromatic rings. The van der Waals surface area contributed by atoms with Crippen molar-refractivity contribution in [1.29, 1.82) is 0 Å². The number of anilines is 1. The lowest BCUT2D eigenvalue weighted by Gasteiger charge is -2.34. The largest absolute Gasteiger partial charge is 0.450 e. The molecule has 0 atom stereocenters. The molecule has 5 rings (SSSR count). The molecule has 184 valence electrons. The molecule has 0 radical (unpaired) electrons. The normalized spacial score (nSPS) is 14.2. The Bertz CT molecular complexity index is 1460. The van der Waals surface area contributed by atoms with Crippen LogP contribution in [0.2, 0.25) is 0 Å². The van der Waals surface area contributed by atoms with Gasteiger partial charge in [-0.05, 0) is 19.1 Å². The fraction of sp³-hybridized carbons (Fsp3) is 0.409. The zero-order valence-corrected chi connectivity index (χ0v) is 21.0. The Labute approximate surface area is 208 Å². The van der Waals surface area contributed by atoms with E-state index in [1.807, 2.05) is 27.7 Å². The van der Waals surface area contributed by atoms with Crippen molar-refractivity contribution in [1.82, 2.24) is 29.0 Å². The summed E-state index contributed by atoms with van der Waals surface area (Å²) in [6.07, 6.45) is -0.327. The second-order valence-corrected chi connectivity index (χ2v) is 10.4. The summed E-state index contributed by atoms with van der Waals surface area (Å²) in [7, 11) is 1.59. The highest BCUT2D eigenvalue weighted by atomic mass is 32.2. The van der Waals surface area contributed by atoms with Gasteiger partial charge in [-0.25, -0.2) is 14.6 Å². The minimum Gasteiger partial charge on any atom is -0.450 e. The first kappa shape index (κ1) is 23.4. The van der Waals surface area contributed by atoms with Crippen molar-refractivity contribution in [3.63, 3.8) is 0 Å². The molecular weight excluding hydrogens is 490 g/mol. The van der Waals surface area contributed by atoms with Gasteiger partial charge in [-0.1, -0.05) is 23.9 Å². The quantitative estimate of drug-likeness (QED) is 0.388. The minimum absolute atomic E-state index is 0.327. The molecule has 11 nitrogen and oxygen atoms in total. The number of piperazine rings is 1. The van der Waals surface area contributed by atoms with Gasteiger partial charge in [0.15, 0.2) is 15.5 Å². The molecule has 1 saturated heterocycles. The number of nitrogens with zero attached hydrogens (tertiary/aromatic N) is 6. The number of aryl methyl sites for hydroxylation is 2. The van der Waals surface area contributed by atoms with Gasteiger partial charge in [0.2, 0.25) is 5.95 Å². The van der Waals surface area contributed by atoms with E-state index in [1.54, 1.807) is 42.0 Å². The van der Waals surface area contributed by atoms with Gasteiger partial charge in [-0.2, -0.15) is 4.98 Å². The van der Waals surface area contributed by atoms with Crippen molar-refractivity contribution in [3.8, 4) is 0 Å². The van der Waals surface area contributed by atoms with E-state index in [0.717, 1.165) is 14.6 Å². The maximum atomic E-state index is 12.8. The molecule has 1 aliphatic rings. The molecule has 0 aliphatic carbocycles. The highest BCUT2D eigenvalue weighted by Gasteiger charge is 2.27. The first-order valence-corrected chi connectivity index (χ1v) is 13.1. The monoisotopic (exact) mass is 515 g/mol. The second-order valence-electron chi connectivity index (χ2n) is 8.02. The molecule has 1 amide bonds. The van der Waals surface area contributed by atoms with E-state index in [1.165, 1.54) is 4.57 Å². The Balaban J connectivity index is 1.42. The third-order valence-electron chi connectivity index (χ3n) is 5.89. The molecule has 0 spiro atoms. The molecule has 3 aromatic heterocycles. The fourth-order valence-corrected chi connectivity index (χ4v) is 6.18. The number of fused-ring (bicyclic) bond motifs is 2. The van der Waals surface area contributed by atoms with Gasteiger partial charge in [0, 0.05) is 45.5 Å². The zero-order valence-electron chi connectivity index (χ0n) is 19.4. The summed E-state index contributed by atoms with van der Waals surface area (Å²) in [5, 5.41) is 0. The SMILES string of the molecule is CCOC(=O)N1CCN(c2nc3c(c(=O)[nH]c(=O)n3C)n2CCSc2nc3ccccc3s2)CC1. The average molecular weight is 516 g/mol. The number of aromatic nitrogens is 5. The Morgan fingerprint density at radius 1 is 1.17 bits per heavy atom. The molecular formula is C22H25N7O4S2. The van der Waals surface area contributed by atoms with Crippen molar-refractivity contribution in [2.75, 3.05) is 43.4 Å². The summed E-state index contributed by atoms with van der Waals surface area (Å²) in [6, 6.07) is 8.01. The molecule has 4 heterocycles. The van der Waals surface area contributed by atoms with Crippen LogP contribution in [0.4, 0.5) is 10.7 Å². The summed E-state index contributed by atoms with van der Waals surface area (Å²) in [4.78, 5) is 52.5. The van der Waals surface area contributed by atoms with Gasteiger partial charge in [0.1, 0.15) is 0 Å². The van der Waals surface area contributed by atoms with Gasteiger partial charge in [0.05, 0.1) is 16.8 Å². The van der Waals surface area contributed by atoms with Crippen LogP contribution < -0.4 is 16.1 Å². The molecule has 1 N–H and O–H groups in total. The van der Waals surface area contributed by atoms with E-state index in [4.69, 9.17) is 9.72 Å². The number of imidazole rings is 1. The Kier molecular flexibility index (Phi) is 6.52. The predicted molar refractivity (Wildman–Crippen MR) is 137 cm³/mol. The van der Waals surface area contributed by atoms with Crippen LogP contribution in [0.25, 0.3) is 21.4 Å². The van der Waals surface area contributed by atoms with E-state index in [2.05, 4.69) is 16.0 Å². The lowest BCUT2D eigenvalue weighted by molar-refractivity contribution is 0.105. The van der Waals surface area contributed by atoms with Gasteiger partial charge in [-0.3, -0.25) is 14.3 Å². The third kappa shape index (κ3) is 4.52. The standard InChI is InChI=1S/C22H25N7O4S2/c1-3-33-22(32)28-10-8-27(9-11-28)19-24-17-16(18(30)25-20(31)26(17)2)29(19)12-13-34-21-23-14-6-4-5-7-15(14)35-21/h4-7H,3,8-13H2,1-2H3,(H,25,30,31). The van der Waals surface area contributed by atoms with Crippen LogP contribution in [-0.2, 0) is 18.3 Å². The number of H-pyrrole nitrogens is 1.